The average molecular weight is 446 g/mol. The van der Waals surface area contributed by atoms with Crippen LogP contribution in [0.3, 0.4) is 0 Å². The molecule has 0 saturated carbocycles. The first kappa shape index (κ1) is 23.8. The second kappa shape index (κ2) is 12.9. The van der Waals surface area contributed by atoms with Crippen molar-refractivity contribution < 1.29 is 9.59 Å². The van der Waals surface area contributed by atoms with Crippen LogP contribution in [0.1, 0.15) is 12.8 Å². The number of carbonyl (C=O) groups excluding carboxylic acids is 2. The van der Waals surface area contributed by atoms with E-state index >= 15 is 0 Å². The molecule has 0 fully saturated rings. The predicted molar refractivity (Wildman–Crippen MR) is 135 cm³/mol. The summed E-state index contributed by atoms with van der Waals surface area (Å²) in [5, 5.41) is 5.88. The molecule has 3 aromatic rings. The van der Waals surface area contributed by atoms with E-state index in [1.807, 2.05) is 91.0 Å². The SMILES string of the molecule is NCCCN(CCCN(C(=O)Nc1ccccc1)c1ccccc1)C(=O)Nc1ccccc1. The van der Waals surface area contributed by atoms with Gasteiger partial charge in [0.1, 0.15) is 0 Å². The van der Waals surface area contributed by atoms with Gasteiger partial charge in [0.2, 0.25) is 0 Å². The van der Waals surface area contributed by atoms with Crippen molar-refractivity contribution in [1.29, 1.82) is 0 Å². The number of nitrogens with zero attached hydrogens (tertiary/aromatic N) is 2. The van der Waals surface area contributed by atoms with Gasteiger partial charge in [0.05, 0.1) is 0 Å². The zero-order chi connectivity index (χ0) is 23.3. The van der Waals surface area contributed by atoms with Crippen molar-refractivity contribution in [3.05, 3.63) is 91.0 Å². The summed E-state index contributed by atoms with van der Waals surface area (Å²) in [6.07, 6.45) is 1.32. The van der Waals surface area contributed by atoms with Gasteiger partial charge in [-0.15, -0.1) is 0 Å². The van der Waals surface area contributed by atoms with Crippen LogP contribution in [0.2, 0.25) is 0 Å². The number of amides is 4. The van der Waals surface area contributed by atoms with Crippen LogP contribution in [0.15, 0.2) is 91.0 Å². The van der Waals surface area contributed by atoms with Crippen LogP contribution in [0.4, 0.5) is 26.7 Å². The van der Waals surface area contributed by atoms with Gasteiger partial charge in [-0.05, 0) is 55.8 Å². The van der Waals surface area contributed by atoms with Gasteiger partial charge < -0.3 is 21.3 Å². The van der Waals surface area contributed by atoms with Crippen molar-refractivity contribution in [2.45, 2.75) is 12.8 Å². The number of rotatable bonds is 10. The van der Waals surface area contributed by atoms with Crippen LogP contribution >= 0.6 is 0 Å². The first-order chi connectivity index (χ1) is 16.2. The van der Waals surface area contributed by atoms with E-state index in [2.05, 4.69) is 10.6 Å². The van der Waals surface area contributed by atoms with Crippen molar-refractivity contribution in [2.75, 3.05) is 41.7 Å². The fraction of sp³-hybridized carbons (Fsp3) is 0.231. The van der Waals surface area contributed by atoms with Gasteiger partial charge in [-0.3, -0.25) is 4.90 Å². The smallest absolute Gasteiger partial charge is 0.326 e. The third-order valence-corrected chi connectivity index (χ3v) is 5.09. The molecule has 0 spiro atoms. The molecule has 0 aliphatic carbocycles. The molecule has 0 unspecified atom stereocenters. The van der Waals surface area contributed by atoms with E-state index in [0.29, 0.717) is 39.0 Å². The molecule has 172 valence electrons. The lowest BCUT2D eigenvalue weighted by molar-refractivity contribution is 0.210. The molecule has 0 aliphatic heterocycles. The Balaban J connectivity index is 1.64. The molecule has 0 bridgehead atoms. The third-order valence-electron chi connectivity index (χ3n) is 5.09. The third kappa shape index (κ3) is 7.66. The molecule has 0 saturated heterocycles. The quantitative estimate of drug-likeness (QED) is 0.410. The maximum absolute atomic E-state index is 13.0. The van der Waals surface area contributed by atoms with Gasteiger partial charge in [0.15, 0.2) is 0 Å². The van der Waals surface area contributed by atoms with Crippen molar-refractivity contribution in [3.8, 4) is 0 Å². The van der Waals surface area contributed by atoms with E-state index in [0.717, 1.165) is 17.1 Å². The van der Waals surface area contributed by atoms with Gasteiger partial charge in [-0.25, -0.2) is 9.59 Å². The molecule has 4 N–H and O–H groups in total. The van der Waals surface area contributed by atoms with Crippen molar-refractivity contribution in [2.24, 2.45) is 5.73 Å². The lowest BCUT2D eigenvalue weighted by atomic mass is 10.2. The van der Waals surface area contributed by atoms with E-state index < -0.39 is 0 Å². The second-order valence-electron chi connectivity index (χ2n) is 7.56. The first-order valence-corrected chi connectivity index (χ1v) is 11.2. The molecule has 7 heteroatoms. The zero-order valence-corrected chi connectivity index (χ0v) is 18.7. The minimum absolute atomic E-state index is 0.172. The van der Waals surface area contributed by atoms with E-state index in [9.17, 15) is 9.59 Å². The van der Waals surface area contributed by atoms with Crippen LogP contribution in [-0.2, 0) is 0 Å². The predicted octanol–water partition coefficient (Wildman–Crippen LogP) is 5.00. The van der Waals surface area contributed by atoms with Gasteiger partial charge in [-0.1, -0.05) is 54.6 Å². The summed E-state index contributed by atoms with van der Waals surface area (Å²) >= 11 is 0. The van der Waals surface area contributed by atoms with E-state index in [-0.39, 0.29) is 12.1 Å². The van der Waals surface area contributed by atoms with E-state index in [1.54, 1.807) is 9.80 Å². The lowest BCUT2D eigenvalue weighted by Crippen LogP contribution is -2.40. The summed E-state index contributed by atoms with van der Waals surface area (Å²) in [4.78, 5) is 29.3. The largest absolute Gasteiger partial charge is 0.330 e. The minimum atomic E-state index is -0.213. The number of anilines is 3. The lowest BCUT2D eigenvalue weighted by Gasteiger charge is -2.26. The number of hydrogen-bond donors (Lipinski definition) is 3. The minimum Gasteiger partial charge on any atom is -0.330 e. The molecule has 0 aliphatic rings. The fourth-order valence-corrected chi connectivity index (χ4v) is 3.41. The molecule has 3 aromatic carbocycles. The first-order valence-electron chi connectivity index (χ1n) is 11.2. The van der Waals surface area contributed by atoms with Gasteiger partial charge in [0, 0.05) is 36.7 Å². The van der Waals surface area contributed by atoms with Gasteiger partial charge in [-0.2, -0.15) is 0 Å². The van der Waals surface area contributed by atoms with Crippen LogP contribution in [0.25, 0.3) is 0 Å². The molecule has 7 nitrogen and oxygen atoms in total. The second-order valence-corrected chi connectivity index (χ2v) is 7.56. The molecule has 4 amide bonds. The van der Waals surface area contributed by atoms with Crippen LogP contribution < -0.4 is 21.3 Å². The number of hydrogen-bond acceptors (Lipinski definition) is 3. The van der Waals surface area contributed by atoms with Crippen LogP contribution in [-0.4, -0.2) is 43.1 Å². The maximum Gasteiger partial charge on any atom is 0.326 e. The number of para-hydroxylation sites is 3. The number of nitrogens with two attached hydrogens (primary N) is 1. The highest BCUT2D eigenvalue weighted by atomic mass is 16.2. The normalized spacial score (nSPS) is 10.3. The number of carbonyl (C=O) groups is 2. The highest BCUT2D eigenvalue weighted by Gasteiger charge is 2.18. The van der Waals surface area contributed by atoms with E-state index in [1.165, 1.54) is 0 Å². The molecular formula is C26H31N5O2. The molecule has 0 aromatic heterocycles. The van der Waals surface area contributed by atoms with Gasteiger partial charge >= 0.3 is 12.1 Å². The summed E-state index contributed by atoms with van der Waals surface area (Å²) in [7, 11) is 0. The van der Waals surface area contributed by atoms with Crippen molar-refractivity contribution in [3.63, 3.8) is 0 Å². The highest BCUT2D eigenvalue weighted by molar-refractivity contribution is 6.01. The van der Waals surface area contributed by atoms with Crippen molar-refractivity contribution >= 4 is 29.1 Å². The Morgan fingerprint density at radius 3 is 1.67 bits per heavy atom. The summed E-state index contributed by atoms with van der Waals surface area (Å²) < 4.78 is 0. The number of nitrogens with one attached hydrogen (secondary N) is 2. The van der Waals surface area contributed by atoms with Crippen LogP contribution in [0.5, 0.6) is 0 Å². The van der Waals surface area contributed by atoms with Crippen molar-refractivity contribution in [1.82, 2.24) is 4.90 Å². The fourth-order valence-electron chi connectivity index (χ4n) is 3.41. The molecular weight excluding hydrogens is 414 g/mol. The standard InChI is InChI=1S/C26H31N5O2/c27-18-10-19-30(25(32)28-22-12-4-1-5-13-22)20-11-21-31(24-16-8-3-9-17-24)26(33)29-23-14-6-2-7-15-23/h1-9,12-17H,10-11,18-21,27H2,(H,28,32)(H,29,33). The Hall–Kier alpha value is -3.84. The Labute approximate surface area is 195 Å². The molecule has 0 atom stereocenters. The number of urea groups is 2. The monoisotopic (exact) mass is 445 g/mol. The summed E-state index contributed by atoms with van der Waals surface area (Å²) in [5.41, 5.74) is 7.95. The van der Waals surface area contributed by atoms with Crippen LogP contribution in [0, 0.1) is 0 Å². The zero-order valence-electron chi connectivity index (χ0n) is 18.7. The Morgan fingerprint density at radius 2 is 1.12 bits per heavy atom. The molecule has 33 heavy (non-hydrogen) atoms. The Kier molecular flexibility index (Phi) is 9.29. The topological polar surface area (TPSA) is 90.7 Å². The Morgan fingerprint density at radius 1 is 0.636 bits per heavy atom. The summed E-state index contributed by atoms with van der Waals surface area (Å²) in [5.74, 6) is 0. The maximum atomic E-state index is 13.0. The average Bonchev–Trinajstić information content (AvgIpc) is 2.85. The molecule has 3 rings (SSSR count). The summed E-state index contributed by atoms with van der Waals surface area (Å²) in [6, 6.07) is 27.9. The summed E-state index contributed by atoms with van der Waals surface area (Å²) in [6.45, 7) is 2.02. The highest BCUT2D eigenvalue weighted by Crippen LogP contribution is 2.17. The number of benzene rings is 3. The molecule has 0 heterocycles. The Bertz CT molecular complexity index is 983. The van der Waals surface area contributed by atoms with E-state index in [4.69, 9.17) is 5.73 Å². The van der Waals surface area contributed by atoms with Gasteiger partial charge in [0.25, 0.3) is 0 Å². The molecule has 0 radical (unpaired) electrons.